The number of hydrogen-bond donors (Lipinski definition) is 0. The molecule has 4 heteroatoms. The summed E-state index contributed by atoms with van der Waals surface area (Å²) in [4.78, 5) is 4.56. The van der Waals surface area contributed by atoms with Gasteiger partial charge in [-0.15, -0.1) is 11.6 Å². The van der Waals surface area contributed by atoms with Gasteiger partial charge in [-0.25, -0.2) is 9.37 Å². The largest absolute Gasteiger partial charge is 0.326 e. The number of benzene rings is 1. The monoisotopic (exact) mass is 308 g/mol. The highest BCUT2D eigenvalue weighted by Crippen LogP contribution is 2.39. The SMILES string of the molecule is CC(Cl)c1nc2cc(F)ccc2n1CC1(C)CCCCC1. The van der Waals surface area contributed by atoms with E-state index < -0.39 is 0 Å². The van der Waals surface area contributed by atoms with Gasteiger partial charge in [0, 0.05) is 12.6 Å². The molecule has 0 spiro atoms. The fourth-order valence-electron chi connectivity index (χ4n) is 3.54. The molecule has 1 unspecified atom stereocenters. The van der Waals surface area contributed by atoms with Crippen molar-refractivity contribution in [3.05, 3.63) is 29.8 Å². The average molecular weight is 309 g/mol. The quantitative estimate of drug-likeness (QED) is 0.690. The number of halogens is 2. The number of alkyl halides is 1. The first-order chi connectivity index (χ1) is 9.98. The Balaban J connectivity index is 2.04. The van der Waals surface area contributed by atoms with Crippen molar-refractivity contribution in [2.75, 3.05) is 0 Å². The third kappa shape index (κ3) is 2.94. The molecule has 0 radical (unpaired) electrons. The van der Waals surface area contributed by atoms with Crippen LogP contribution in [0.3, 0.4) is 0 Å². The van der Waals surface area contributed by atoms with Crippen molar-refractivity contribution in [2.24, 2.45) is 5.41 Å². The Morgan fingerprint density at radius 1 is 1.33 bits per heavy atom. The summed E-state index contributed by atoms with van der Waals surface area (Å²) in [5.41, 5.74) is 1.99. The van der Waals surface area contributed by atoms with Crippen LogP contribution in [0.15, 0.2) is 18.2 Å². The molecule has 2 aromatic rings. The minimum Gasteiger partial charge on any atom is -0.326 e. The lowest BCUT2D eigenvalue weighted by Gasteiger charge is -2.34. The van der Waals surface area contributed by atoms with Crippen molar-refractivity contribution in [1.82, 2.24) is 9.55 Å². The van der Waals surface area contributed by atoms with Gasteiger partial charge in [-0.2, -0.15) is 0 Å². The molecular weight excluding hydrogens is 287 g/mol. The molecule has 1 heterocycles. The summed E-state index contributed by atoms with van der Waals surface area (Å²) in [6.07, 6.45) is 6.41. The number of fused-ring (bicyclic) bond motifs is 1. The van der Waals surface area contributed by atoms with Crippen LogP contribution in [0, 0.1) is 11.2 Å². The van der Waals surface area contributed by atoms with Gasteiger partial charge in [-0.05, 0) is 37.3 Å². The predicted octanol–water partition coefficient (Wildman–Crippen LogP) is 5.45. The van der Waals surface area contributed by atoms with Crippen LogP contribution in [0.25, 0.3) is 11.0 Å². The fraction of sp³-hybridized carbons (Fsp3) is 0.588. The third-order valence-corrected chi connectivity index (χ3v) is 4.89. The maximum Gasteiger partial charge on any atom is 0.127 e. The number of nitrogens with zero attached hydrogens (tertiary/aromatic N) is 2. The van der Waals surface area contributed by atoms with Crippen molar-refractivity contribution < 1.29 is 4.39 Å². The lowest BCUT2D eigenvalue weighted by atomic mass is 9.75. The van der Waals surface area contributed by atoms with Crippen LogP contribution in [0.4, 0.5) is 4.39 Å². The minimum absolute atomic E-state index is 0.173. The smallest absolute Gasteiger partial charge is 0.127 e. The van der Waals surface area contributed by atoms with Gasteiger partial charge < -0.3 is 4.57 Å². The second kappa shape index (κ2) is 5.60. The third-order valence-electron chi connectivity index (χ3n) is 4.70. The minimum atomic E-state index is -0.246. The van der Waals surface area contributed by atoms with E-state index in [1.807, 2.05) is 13.0 Å². The highest BCUT2D eigenvalue weighted by molar-refractivity contribution is 6.20. The summed E-state index contributed by atoms with van der Waals surface area (Å²) in [6, 6.07) is 4.83. The zero-order chi connectivity index (χ0) is 15.0. The number of imidazole rings is 1. The van der Waals surface area contributed by atoms with E-state index in [0.29, 0.717) is 10.9 Å². The van der Waals surface area contributed by atoms with E-state index in [9.17, 15) is 4.39 Å². The van der Waals surface area contributed by atoms with Crippen molar-refractivity contribution >= 4 is 22.6 Å². The highest BCUT2D eigenvalue weighted by Gasteiger charge is 2.29. The Bertz CT molecular complexity index is 642. The summed E-state index contributed by atoms with van der Waals surface area (Å²) in [5.74, 6) is 0.605. The standard InChI is InChI=1S/C17H22ClFN2/c1-12(18)16-20-14-10-13(19)6-7-15(14)21(16)11-17(2)8-4-3-5-9-17/h6-7,10,12H,3-5,8-9,11H2,1-2H3. The van der Waals surface area contributed by atoms with Crippen LogP contribution < -0.4 is 0 Å². The molecule has 114 valence electrons. The number of hydrogen-bond acceptors (Lipinski definition) is 1. The van der Waals surface area contributed by atoms with Gasteiger partial charge in [-0.1, -0.05) is 26.2 Å². The number of rotatable bonds is 3. The van der Waals surface area contributed by atoms with E-state index in [4.69, 9.17) is 11.6 Å². The molecule has 0 N–H and O–H groups in total. The second-order valence-electron chi connectivity index (χ2n) is 6.68. The van der Waals surface area contributed by atoms with E-state index in [2.05, 4.69) is 16.5 Å². The average Bonchev–Trinajstić information content (AvgIpc) is 2.77. The van der Waals surface area contributed by atoms with E-state index in [1.165, 1.54) is 44.2 Å². The molecule has 1 aromatic carbocycles. The first kappa shape index (κ1) is 14.8. The first-order valence-corrected chi connectivity index (χ1v) is 8.22. The van der Waals surface area contributed by atoms with Gasteiger partial charge >= 0.3 is 0 Å². The molecule has 2 nitrogen and oxygen atoms in total. The second-order valence-corrected chi connectivity index (χ2v) is 7.33. The Labute approximate surface area is 130 Å². The molecule has 21 heavy (non-hydrogen) atoms. The van der Waals surface area contributed by atoms with Gasteiger partial charge in [0.25, 0.3) is 0 Å². The van der Waals surface area contributed by atoms with Crippen LogP contribution in [0.2, 0.25) is 0 Å². The van der Waals surface area contributed by atoms with E-state index in [0.717, 1.165) is 17.9 Å². The maximum atomic E-state index is 13.4. The molecule has 0 amide bonds. The van der Waals surface area contributed by atoms with Gasteiger partial charge in [0.15, 0.2) is 0 Å². The van der Waals surface area contributed by atoms with Gasteiger partial charge in [0.05, 0.1) is 16.4 Å². The molecule has 0 bridgehead atoms. The maximum absolute atomic E-state index is 13.4. The lowest BCUT2D eigenvalue weighted by molar-refractivity contribution is 0.183. The zero-order valence-corrected chi connectivity index (χ0v) is 13.5. The molecule has 1 saturated carbocycles. The molecular formula is C17H22ClFN2. The molecule has 3 rings (SSSR count). The fourth-order valence-corrected chi connectivity index (χ4v) is 3.70. The van der Waals surface area contributed by atoms with Crippen molar-refractivity contribution in [3.8, 4) is 0 Å². The first-order valence-electron chi connectivity index (χ1n) is 7.78. The summed E-state index contributed by atoms with van der Waals surface area (Å²) in [6.45, 7) is 5.20. The molecule has 1 fully saturated rings. The molecule has 1 atom stereocenters. The highest BCUT2D eigenvalue weighted by atomic mass is 35.5. The molecule has 0 saturated heterocycles. The van der Waals surface area contributed by atoms with Crippen LogP contribution in [0.1, 0.15) is 57.2 Å². The topological polar surface area (TPSA) is 17.8 Å². The van der Waals surface area contributed by atoms with Crippen LogP contribution in [-0.2, 0) is 6.54 Å². The van der Waals surface area contributed by atoms with Gasteiger partial charge in [0.2, 0.25) is 0 Å². The Morgan fingerprint density at radius 2 is 2.05 bits per heavy atom. The Morgan fingerprint density at radius 3 is 2.71 bits per heavy atom. The zero-order valence-electron chi connectivity index (χ0n) is 12.7. The summed E-state index contributed by atoms with van der Waals surface area (Å²) in [7, 11) is 0. The Kier molecular flexibility index (Phi) is 3.96. The van der Waals surface area contributed by atoms with E-state index in [-0.39, 0.29) is 11.2 Å². The summed E-state index contributed by atoms with van der Waals surface area (Å²) in [5, 5.41) is -0.173. The van der Waals surface area contributed by atoms with Crippen LogP contribution in [0.5, 0.6) is 0 Å². The Hall–Kier alpha value is -1.09. The van der Waals surface area contributed by atoms with Crippen LogP contribution >= 0.6 is 11.6 Å². The van der Waals surface area contributed by atoms with Gasteiger partial charge in [-0.3, -0.25) is 0 Å². The molecule has 1 aliphatic rings. The van der Waals surface area contributed by atoms with Crippen LogP contribution in [-0.4, -0.2) is 9.55 Å². The lowest BCUT2D eigenvalue weighted by Crippen LogP contribution is -2.27. The van der Waals surface area contributed by atoms with Gasteiger partial charge in [0.1, 0.15) is 11.6 Å². The van der Waals surface area contributed by atoms with E-state index >= 15 is 0 Å². The molecule has 1 aliphatic carbocycles. The number of aromatic nitrogens is 2. The normalized spacial score (nSPS) is 19.8. The van der Waals surface area contributed by atoms with Crippen molar-refractivity contribution in [2.45, 2.75) is 57.9 Å². The summed E-state index contributed by atoms with van der Waals surface area (Å²) >= 11 is 6.31. The van der Waals surface area contributed by atoms with E-state index in [1.54, 1.807) is 0 Å². The predicted molar refractivity (Wildman–Crippen MR) is 85.2 cm³/mol. The van der Waals surface area contributed by atoms with Crippen molar-refractivity contribution in [3.63, 3.8) is 0 Å². The van der Waals surface area contributed by atoms with Crippen molar-refractivity contribution in [1.29, 1.82) is 0 Å². The molecule has 1 aromatic heterocycles. The molecule has 0 aliphatic heterocycles. The summed E-state index contributed by atoms with van der Waals surface area (Å²) < 4.78 is 15.6.